The summed E-state index contributed by atoms with van der Waals surface area (Å²) in [5, 5.41) is 9.65. The minimum Gasteiger partial charge on any atom is -0.478 e. The lowest BCUT2D eigenvalue weighted by molar-refractivity contribution is -0.132. The molecule has 2 heterocycles. The van der Waals surface area contributed by atoms with Crippen molar-refractivity contribution in [1.82, 2.24) is 9.88 Å². The second kappa shape index (κ2) is 10.9. The first-order valence-electron chi connectivity index (χ1n) is 11.7. The summed E-state index contributed by atoms with van der Waals surface area (Å²) in [7, 11) is 0. The summed E-state index contributed by atoms with van der Waals surface area (Å²) in [6.07, 6.45) is 5.29. The van der Waals surface area contributed by atoms with Crippen molar-refractivity contribution in [3.05, 3.63) is 101 Å². The second-order valence-corrected chi connectivity index (χ2v) is 8.61. The van der Waals surface area contributed by atoms with E-state index in [9.17, 15) is 14.7 Å². The SMILES string of the molecule is O=C(O)c1ccc([C@H]2CCCN2C(=O)CCc2ccccc2)nc1CCCc1ccccc1. The zero-order valence-electron chi connectivity index (χ0n) is 18.8. The molecular weight excluding hydrogens is 412 g/mol. The van der Waals surface area contributed by atoms with Crippen LogP contribution in [-0.2, 0) is 24.1 Å². The summed E-state index contributed by atoms with van der Waals surface area (Å²) in [6.45, 7) is 0.726. The number of likely N-dealkylation sites (tertiary alicyclic amines) is 1. The van der Waals surface area contributed by atoms with Gasteiger partial charge in [0.25, 0.3) is 0 Å². The highest BCUT2D eigenvalue weighted by atomic mass is 16.4. The third kappa shape index (κ3) is 5.86. The highest BCUT2D eigenvalue weighted by Gasteiger charge is 2.31. The first-order valence-corrected chi connectivity index (χ1v) is 11.7. The van der Waals surface area contributed by atoms with Crippen molar-refractivity contribution in [2.75, 3.05) is 6.54 Å². The maximum Gasteiger partial charge on any atom is 0.337 e. The molecule has 1 aromatic heterocycles. The van der Waals surface area contributed by atoms with Crippen LogP contribution in [0.5, 0.6) is 0 Å². The second-order valence-electron chi connectivity index (χ2n) is 8.61. The van der Waals surface area contributed by atoms with Crippen molar-refractivity contribution < 1.29 is 14.7 Å². The molecule has 1 amide bonds. The topological polar surface area (TPSA) is 70.5 Å². The number of nitrogens with zero attached hydrogens (tertiary/aromatic N) is 2. The third-order valence-corrected chi connectivity index (χ3v) is 6.33. The van der Waals surface area contributed by atoms with E-state index in [0.717, 1.165) is 49.9 Å². The number of benzene rings is 2. The maximum atomic E-state index is 13.0. The van der Waals surface area contributed by atoms with Crippen LogP contribution in [0.1, 0.15) is 64.6 Å². The first-order chi connectivity index (χ1) is 16.1. The molecule has 3 aromatic rings. The number of pyridine rings is 1. The Morgan fingerprint density at radius 1 is 0.879 bits per heavy atom. The molecule has 0 unspecified atom stereocenters. The van der Waals surface area contributed by atoms with Gasteiger partial charge >= 0.3 is 5.97 Å². The third-order valence-electron chi connectivity index (χ3n) is 6.33. The zero-order chi connectivity index (χ0) is 23.0. The van der Waals surface area contributed by atoms with Gasteiger partial charge in [-0.1, -0.05) is 60.7 Å². The molecule has 0 saturated carbocycles. The van der Waals surface area contributed by atoms with E-state index in [1.54, 1.807) is 12.1 Å². The van der Waals surface area contributed by atoms with Gasteiger partial charge in [-0.25, -0.2) is 4.79 Å². The minimum absolute atomic E-state index is 0.0796. The Labute approximate surface area is 195 Å². The van der Waals surface area contributed by atoms with E-state index < -0.39 is 5.97 Å². The predicted octanol–water partition coefficient (Wildman–Crippen LogP) is 5.25. The molecule has 0 aliphatic carbocycles. The molecule has 1 saturated heterocycles. The number of aromatic carboxylic acids is 1. The minimum atomic E-state index is -0.953. The van der Waals surface area contributed by atoms with E-state index in [-0.39, 0.29) is 17.5 Å². The molecule has 2 aromatic carbocycles. The number of amides is 1. The molecule has 5 nitrogen and oxygen atoms in total. The first kappa shape index (κ1) is 22.7. The summed E-state index contributed by atoms with van der Waals surface area (Å²) in [5.41, 5.74) is 4.06. The van der Waals surface area contributed by atoms with Crippen LogP contribution < -0.4 is 0 Å². The van der Waals surface area contributed by atoms with Gasteiger partial charge in [0, 0.05) is 13.0 Å². The number of aromatic nitrogens is 1. The monoisotopic (exact) mass is 442 g/mol. The van der Waals surface area contributed by atoms with Crippen LogP contribution in [0, 0.1) is 0 Å². The number of carboxylic acid groups (broad SMARTS) is 1. The van der Waals surface area contributed by atoms with Crippen LogP contribution >= 0.6 is 0 Å². The zero-order valence-corrected chi connectivity index (χ0v) is 18.8. The Morgan fingerprint density at radius 3 is 2.21 bits per heavy atom. The summed E-state index contributed by atoms with van der Waals surface area (Å²) >= 11 is 0. The van der Waals surface area contributed by atoms with Crippen LogP contribution in [0.2, 0.25) is 0 Å². The average molecular weight is 443 g/mol. The lowest BCUT2D eigenvalue weighted by Crippen LogP contribution is -2.31. The van der Waals surface area contributed by atoms with Gasteiger partial charge in [0.15, 0.2) is 0 Å². The van der Waals surface area contributed by atoms with Gasteiger partial charge in [-0.15, -0.1) is 0 Å². The normalized spacial score (nSPS) is 15.5. The Bertz CT molecular complexity index is 1080. The molecule has 0 radical (unpaired) electrons. The Balaban J connectivity index is 1.45. The standard InChI is InChI=1S/C28H30N2O3/c31-27(19-16-22-11-5-2-6-12-22)30-20-8-15-26(30)25-18-17-23(28(32)33)24(29-25)14-7-13-21-9-3-1-4-10-21/h1-6,9-12,17-18,26H,7-8,13-16,19-20H2,(H,32,33)/t26-/m1/s1. The fraction of sp³-hybridized carbons (Fsp3) is 0.321. The fourth-order valence-electron chi connectivity index (χ4n) is 4.61. The number of carbonyl (C=O) groups excluding carboxylic acids is 1. The number of carboxylic acids is 1. The van der Waals surface area contributed by atoms with Crippen molar-refractivity contribution >= 4 is 11.9 Å². The molecule has 0 spiro atoms. The Morgan fingerprint density at radius 2 is 1.55 bits per heavy atom. The van der Waals surface area contributed by atoms with Crippen LogP contribution in [0.25, 0.3) is 0 Å². The van der Waals surface area contributed by atoms with Crippen molar-refractivity contribution in [3.8, 4) is 0 Å². The van der Waals surface area contributed by atoms with E-state index >= 15 is 0 Å². The highest BCUT2D eigenvalue weighted by Crippen LogP contribution is 2.32. The summed E-state index contributed by atoms with van der Waals surface area (Å²) in [6, 6.07) is 23.6. The lowest BCUT2D eigenvalue weighted by atomic mass is 10.0. The van der Waals surface area contributed by atoms with E-state index in [1.165, 1.54) is 5.56 Å². The molecule has 1 atom stereocenters. The van der Waals surface area contributed by atoms with Gasteiger partial charge in [0.2, 0.25) is 5.91 Å². The van der Waals surface area contributed by atoms with E-state index in [1.807, 2.05) is 53.4 Å². The predicted molar refractivity (Wildman–Crippen MR) is 128 cm³/mol. The molecular formula is C28H30N2O3. The number of hydrogen-bond acceptors (Lipinski definition) is 3. The number of aryl methyl sites for hydroxylation is 3. The number of hydrogen-bond donors (Lipinski definition) is 1. The van der Waals surface area contributed by atoms with E-state index in [4.69, 9.17) is 4.98 Å². The molecule has 33 heavy (non-hydrogen) atoms. The fourth-order valence-corrected chi connectivity index (χ4v) is 4.61. The van der Waals surface area contributed by atoms with Crippen LogP contribution in [0.4, 0.5) is 0 Å². The molecule has 4 rings (SSSR count). The summed E-state index contributed by atoms with van der Waals surface area (Å²) in [4.78, 5) is 31.5. The van der Waals surface area contributed by atoms with Gasteiger partial charge in [0.1, 0.15) is 0 Å². The van der Waals surface area contributed by atoms with Gasteiger partial charge in [0.05, 0.1) is 23.0 Å². The van der Waals surface area contributed by atoms with Crippen molar-refractivity contribution in [1.29, 1.82) is 0 Å². The number of carbonyl (C=O) groups is 2. The maximum absolute atomic E-state index is 13.0. The van der Waals surface area contributed by atoms with Crippen LogP contribution in [0.3, 0.4) is 0 Å². The van der Waals surface area contributed by atoms with Gasteiger partial charge in [-0.2, -0.15) is 0 Å². The quantitative estimate of drug-likeness (QED) is 0.491. The highest BCUT2D eigenvalue weighted by molar-refractivity contribution is 5.88. The van der Waals surface area contributed by atoms with Gasteiger partial charge < -0.3 is 10.0 Å². The molecule has 5 heteroatoms. The average Bonchev–Trinajstić information content (AvgIpc) is 3.34. The van der Waals surface area contributed by atoms with Crippen molar-refractivity contribution in [2.45, 2.75) is 51.0 Å². The largest absolute Gasteiger partial charge is 0.478 e. The molecule has 1 fully saturated rings. The van der Waals surface area contributed by atoms with E-state index in [0.29, 0.717) is 18.5 Å². The van der Waals surface area contributed by atoms with Crippen molar-refractivity contribution in [3.63, 3.8) is 0 Å². The summed E-state index contributed by atoms with van der Waals surface area (Å²) in [5.74, 6) is -0.818. The Kier molecular flexibility index (Phi) is 7.51. The molecule has 0 bridgehead atoms. The van der Waals surface area contributed by atoms with Crippen LogP contribution in [-0.4, -0.2) is 33.4 Å². The Hall–Kier alpha value is -3.47. The smallest absolute Gasteiger partial charge is 0.337 e. The lowest BCUT2D eigenvalue weighted by Gasteiger charge is -2.25. The van der Waals surface area contributed by atoms with Crippen LogP contribution in [0.15, 0.2) is 72.8 Å². The van der Waals surface area contributed by atoms with Crippen molar-refractivity contribution in [2.24, 2.45) is 0 Å². The molecule has 1 aliphatic rings. The van der Waals surface area contributed by atoms with E-state index in [2.05, 4.69) is 12.1 Å². The van der Waals surface area contributed by atoms with Gasteiger partial charge in [-0.3, -0.25) is 9.78 Å². The molecule has 1 aliphatic heterocycles. The molecule has 170 valence electrons. The van der Waals surface area contributed by atoms with Gasteiger partial charge in [-0.05, 0) is 61.8 Å². The molecule has 1 N–H and O–H groups in total. The summed E-state index contributed by atoms with van der Waals surface area (Å²) < 4.78 is 0. The number of rotatable bonds is 9.